The average Bonchev–Trinajstić information content (AvgIpc) is 3.51. The zero-order valence-corrected chi connectivity index (χ0v) is 29.1. The second-order valence-electron chi connectivity index (χ2n) is 12.2. The molecule has 270 valence electrons. The first-order valence-corrected chi connectivity index (χ1v) is 17.5. The highest BCUT2D eigenvalue weighted by molar-refractivity contribution is 7.92. The van der Waals surface area contributed by atoms with Crippen LogP contribution in [0.2, 0.25) is 0 Å². The molecule has 1 aromatic heterocycles. The number of para-hydroxylation sites is 1. The van der Waals surface area contributed by atoms with E-state index >= 15 is 0 Å². The van der Waals surface area contributed by atoms with Crippen LogP contribution in [0.5, 0.6) is 11.5 Å². The topological polar surface area (TPSA) is 189 Å². The van der Waals surface area contributed by atoms with Gasteiger partial charge in [0.25, 0.3) is 11.2 Å². The van der Waals surface area contributed by atoms with Crippen molar-refractivity contribution >= 4 is 15.5 Å². The Morgan fingerprint density at radius 2 is 1.44 bits per heavy atom. The molecule has 2 heterocycles. The lowest BCUT2D eigenvalue weighted by Crippen LogP contribution is -2.49. The molecule has 6 rings (SSSR count). The number of sulfone groups is 1. The summed E-state index contributed by atoms with van der Waals surface area (Å²) < 4.78 is 53.8. The lowest BCUT2D eigenvalue weighted by Gasteiger charge is -2.38. The van der Waals surface area contributed by atoms with Crippen LogP contribution in [0.1, 0.15) is 34.9 Å². The van der Waals surface area contributed by atoms with E-state index in [0.717, 1.165) is 16.7 Å². The van der Waals surface area contributed by atoms with Crippen LogP contribution in [0.3, 0.4) is 0 Å². The molecule has 0 saturated carbocycles. The van der Waals surface area contributed by atoms with Crippen LogP contribution in [-0.2, 0) is 24.9 Å². The number of nitrogens with one attached hydrogen (secondary N) is 1. The number of aromatic nitrogens is 2. The van der Waals surface area contributed by atoms with E-state index in [1.807, 2.05) is 30.3 Å². The van der Waals surface area contributed by atoms with Gasteiger partial charge in [-0.1, -0.05) is 66.7 Å². The molecule has 4 aromatic carbocycles. The van der Waals surface area contributed by atoms with Crippen molar-refractivity contribution in [2.45, 2.75) is 41.1 Å². The summed E-state index contributed by atoms with van der Waals surface area (Å²) in [5.74, 6) is 1.13. The molecule has 5 aromatic rings. The van der Waals surface area contributed by atoms with Crippen LogP contribution in [-0.4, -0.2) is 59.9 Å². The maximum atomic E-state index is 14.5. The summed E-state index contributed by atoms with van der Waals surface area (Å²) in [7, 11) is -1.97. The van der Waals surface area contributed by atoms with Gasteiger partial charge in [0.1, 0.15) is 34.3 Å². The minimum Gasteiger partial charge on any atom is -0.497 e. The lowest BCUT2D eigenvalue weighted by molar-refractivity contribution is -0.387. The van der Waals surface area contributed by atoms with Crippen LogP contribution < -0.4 is 20.7 Å². The molecule has 14 nitrogen and oxygen atoms in total. The minimum absolute atomic E-state index is 0.120. The molecule has 1 saturated heterocycles. The molecule has 1 aliphatic heterocycles. The number of nitro benzene ring substituents is 1. The van der Waals surface area contributed by atoms with Crippen molar-refractivity contribution in [3.05, 3.63) is 163 Å². The third kappa shape index (κ3) is 6.28. The van der Waals surface area contributed by atoms with Gasteiger partial charge in [0.15, 0.2) is 0 Å². The van der Waals surface area contributed by atoms with Gasteiger partial charge in [0.05, 0.1) is 25.7 Å². The van der Waals surface area contributed by atoms with Crippen molar-refractivity contribution in [3.8, 4) is 11.5 Å². The Labute approximate surface area is 297 Å². The molecular formula is C37H35N3O11S. The Morgan fingerprint density at radius 1 is 0.904 bits per heavy atom. The molecule has 15 heteroatoms. The number of nitro groups is 1. The minimum atomic E-state index is -5.03. The molecule has 0 amide bonds. The molecule has 1 aliphatic rings. The highest BCUT2D eigenvalue weighted by Crippen LogP contribution is 2.47. The number of nitrogens with zero attached hydrogens (tertiary/aromatic N) is 2. The molecular weight excluding hydrogens is 694 g/mol. The Bertz CT molecular complexity index is 2260. The van der Waals surface area contributed by atoms with Crippen molar-refractivity contribution in [2.75, 3.05) is 20.8 Å². The second-order valence-corrected chi connectivity index (χ2v) is 14.3. The maximum Gasteiger partial charge on any atom is 0.330 e. The predicted octanol–water partition coefficient (Wildman–Crippen LogP) is 4.23. The fourth-order valence-corrected chi connectivity index (χ4v) is 8.33. The third-order valence-corrected chi connectivity index (χ3v) is 11.5. The molecule has 52 heavy (non-hydrogen) atoms. The summed E-state index contributed by atoms with van der Waals surface area (Å²) in [5.41, 5.74) is -1.88. The zero-order chi connectivity index (χ0) is 37.3. The number of aryl methyl sites for hydroxylation is 1. The van der Waals surface area contributed by atoms with E-state index in [1.54, 1.807) is 48.5 Å². The van der Waals surface area contributed by atoms with Crippen LogP contribution in [0, 0.1) is 17.0 Å². The van der Waals surface area contributed by atoms with Gasteiger partial charge in [0.2, 0.25) is 14.8 Å². The third-order valence-electron chi connectivity index (χ3n) is 9.19. The summed E-state index contributed by atoms with van der Waals surface area (Å²) in [5, 5.41) is 24.4. The molecule has 0 bridgehead atoms. The smallest absolute Gasteiger partial charge is 0.330 e. The highest BCUT2D eigenvalue weighted by atomic mass is 32.2. The molecule has 0 unspecified atom stereocenters. The van der Waals surface area contributed by atoms with Crippen molar-refractivity contribution in [3.63, 3.8) is 0 Å². The van der Waals surface area contributed by atoms with Gasteiger partial charge >= 0.3 is 5.69 Å². The molecule has 3 atom stereocenters. The number of rotatable bonds is 12. The summed E-state index contributed by atoms with van der Waals surface area (Å²) in [4.78, 5) is 34.8. The van der Waals surface area contributed by atoms with Crippen LogP contribution in [0.4, 0.5) is 5.69 Å². The van der Waals surface area contributed by atoms with E-state index in [-0.39, 0.29) is 5.56 Å². The number of methoxy groups -OCH3 is 2. The molecule has 0 aliphatic carbocycles. The van der Waals surface area contributed by atoms with Gasteiger partial charge in [-0.05, 0) is 53.9 Å². The SMILES string of the molecule is COc1ccc(C(OC[C@H]2O[C@@H](n3cc(C)c(=O)[nH]c3=O)C[C@]2(O)S(=O)(=O)c2ccccc2[N+](=O)[O-])(c2ccccc2)c2ccc(OC)cc2)cc1. The number of H-pyrrole nitrogens is 1. The van der Waals surface area contributed by atoms with Gasteiger partial charge in [0, 0.05) is 24.2 Å². The first-order chi connectivity index (χ1) is 24.8. The second kappa shape index (κ2) is 14.2. The Morgan fingerprint density at radius 3 is 2.00 bits per heavy atom. The van der Waals surface area contributed by atoms with Crippen LogP contribution in [0.15, 0.2) is 124 Å². The number of hydrogen-bond acceptors (Lipinski definition) is 11. The number of benzene rings is 4. The number of hydrogen-bond donors (Lipinski definition) is 2. The van der Waals surface area contributed by atoms with Gasteiger partial charge in [-0.15, -0.1) is 0 Å². The van der Waals surface area contributed by atoms with Gasteiger partial charge in [-0.2, -0.15) is 0 Å². The van der Waals surface area contributed by atoms with E-state index in [1.165, 1.54) is 39.5 Å². The van der Waals surface area contributed by atoms with Crippen molar-refractivity contribution in [1.29, 1.82) is 0 Å². The van der Waals surface area contributed by atoms with Gasteiger partial charge in [-0.25, -0.2) is 13.2 Å². The Balaban J connectivity index is 1.53. The summed E-state index contributed by atoms with van der Waals surface area (Å²) in [6.45, 7) is 0.829. The lowest BCUT2D eigenvalue weighted by atomic mass is 9.80. The van der Waals surface area contributed by atoms with Crippen LogP contribution in [0.25, 0.3) is 0 Å². The largest absolute Gasteiger partial charge is 0.497 e. The molecule has 0 spiro atoms. The van der Waals surface area contributed by atoms with Gasteiger partial charge < -0.3 is 24.1 Å². The van der Waals surface area contributed by atoms with E-state index in [2.05, 4.69) is 4.98 Å². The summed E-state index contributed by atoms with van der Waals surface area (Å²) in [6.07, 6.45) is -2.73. The van der Waals surface area contributed by atoms with Crippen molar-refractivity contribution in [1.82, 2.24) is 9.55 Å². The maximum absolute atomic E-state index is 14.5. The van der Waals surface area contributed by atoms with E-state index < -0.39 is 72.5 Å². The van der Waals surface area contributed by atoms with Gasteiger partial charge in [-0.3, -0.25) is 24.5 Å². The summed E-state index contributed by atoms with van der Waals surface area (Å²) in [6, 6.07) is 27.8. The van der Waals surface area contributed by atoms with E-state index in [9.17, 15) is 33.2 Å². The van der Waals surface area contributed by atoms with Crippen molar-refractivity contribution < 1.29 is 37.4 Å². The normalized spacial score (nSPS) is 18.9. The average molecular weight is 730 g/mol. The molecule has 2 N–H and O–H groups in total. The van der Waals surface area contributed by atoms with Crippen molar-refractivity contribution in [2.24, 2.45) is 0 Å². The first-order valence-electron chi connectivity index (χ1n) is 16.0. The monoisotopic (exact) mass is 729 g/mol. The van der Waals surface area contributed by atoms with Crippen LogP contribution >= 0.6 is 0 Å². The summed E-state index contributed by atoms with van der Waals surface area (Å²) >= 11 is 0. The number of aromatic amines is 1. The predicted molar refractivity (Wildman–Crippen MR) is 188 cm³/mol. The highest BCUT2D eigenvalue weighted by Gasteiger charge is 2.60. The fourth-order valence-electron chi connectivity index (χ4n) is 6.44. The van der Waals surface area contributed by atoms with E-state index in [4.69, 9.17) is 18.9 Å². The standard InChI is InChI=1S/C37H35N3O11S/c1-24-22-39(35(42)38-34(24)41)33-21-36(43,52(46,47)31-12-8-7-11-30(31)40(44)45)32(51-33)23-50-37(25-9-5-4-6-10-25,26-13-17-28(48-2)18-14-26)27-15-19-29(49-3)20-16-27/h4-20,22,32-33,43H,21,23H2,1-3H3,(H,38,41,42)/t32-,33-,36+/m1/s1. The number of aliphatic hydroxyl groups is 1. The fraction of sp³-hybridized carbons (Fsp3) is 0.243. The first kappa shape index (κ1) is 36.2. The number of ether oxygens (including phenoxy) is 4. The van der Waals surface area contributed by atoms with E-state index in [0.29, 0.717) is 28.2 Å². The quantitative estimate of drug-likeness (QED) is 0.106. The Hall–Kier alpha value is -5.61. The molecule has 0 radical (unpaired) electrons. The zero-order valence-electron chi connectivity index (χ0n) is 28.3. The Kier molecular flexibility index (Phi) is 9.88. The molecule has 1 fully saturated rings.